The Labute approximate surface area is 91.0 Å². The van der Waals surface area contributed by atoms with Gasteiger partial charge in [0.25, 0.3) is 0 Å². The van der Waals surface area contributed by atoms with Crippen LogP contribution in [0.1, 0.15) is 10.4 Å². The normalized spacial score (nSPS) is 9.75. The molecule has 6 nitrogen and oxygen atoms in total. The molecule has 0 saturated carbocycles. The smallest absolute Gasteiger partial charge is 0.338 e. The van der Waals surface area contributed by atoms with Crippen LogP contribution in [0.15, 0.2) is 36.9 Å². The van der Waals surface area contributed by atoms with Crippen LogP contribution in [-0.2, 0) is 0 Å². The Kier molecular flexibility index (Phi) is 2.73. The number of hydrogen-bond donors (Lipinski definition) is 2. The van der Waals surface area contributed by atoms with E-state index in [1.165, 1.54) is 12.4 Å². The first-order valence-electron chi connectivity index (χ1n) is 4.48. The van der Waals surface area contributed by atoms with Crippen LogP contribution in [0.25, 0.3) is 0 Å². The van der Waals surface area contributed by atoms with Crippen LogP contribution in [0.5, 0.6) is 0 Å². The van der Waals surface area contributed by atoms with Gasteiger partial charge in [0.1, 0.15) is 0 Å². The highest BCUT2D eigenvalue weighted by molar-refractivity contribution is 5.86. The van der Waals surface area contributed by atoms with Crippen molar-refractivity contribution in [3.63, 3.8) is 0 Å². The van der Waals surface area contributed by atoms with E-state index in [0.29, 0.717) is 5.95 Å². The van der Waals surface area contributed by atoms with Crippen LogP contribution < -0.4 is 5.32 Å². The third kappa shape index (κ3) is 2.30. The second kappa shape index (κ2) is 4.35. The molecule has 0 radical (unpaired) electrons. The second-order valence-corrected chi connectivity index (χ2v) is 2.97. The fraction of sp³-hybridized carbons (Fsp3) is 0. The molecule has 2 aromatic rings. The molecule has 0 aliphatic carbocycles. The number of aromatic carboxylic acids is 1. The van der Waals surface area contributed by atoms with Gasteiger partial charge in [0.15, 0.2) is 0 Å². The third-order valence-corrected chi connectivity index (χ3v) is 1.82. The fourth-order valence-corrected chi connectivity index (χ4v) is 1.07. The molecule has 0 atom stereocenters. The highest BCUT2D eigenvalue weighted by Gasteiger charge is 2.03. The summed E-state index contributed by atoms with van der Waals surface area (Å²) in [5.41, 5.74) is 0.794. The molecular formula is C10H8N4O2. The molecule has 80 valence electrons. The summed E-state index contributed by atoms with van der Waals surface area (Å²) in [6.45, 7) is 0. The summed E-state index contributed by atoms with van der Waals surface area (Å²) in [4.78, 5) is 22.2. The number of carbonyl (C=O) groups is 1. The lowest BCUT2D eigenvalue weighted by Crippen LogP contribution is -2.02. The Morgan fingerprint density at radius 2 is 2.00 bits per heavy atom. The fourth-order valence-electron chi connectivity index (χ4n) is 1.07. The van der Waals surface area contributed by atoms with E-state index in [-0.39, 0.29) is 5.56 Å². The molecule has 6 heteroatoms. The van der Waals surface area contributed by atoms with Gasteiger partial charge < -0.3 is 10.4 Å². The number of pyridine rings is 1. The Bertz CT molecular complexity index is 484. The maximum atomic E-state index is 10.6. The van der Waals surface area contributed by atoms with Crippen LogP contribution in [0.2, 0.25) is 0 Å². The highest BCUT2D eigenvalue weighted by Crippen LogP contribution is 2.09. The van der Waals surface area contributed by atoms with Crippen LogP contribution >= 0.6 is 0 Å². The molecule has 2 aromatic heterocycles. The summed E-state index contributed by atoms with van der Waals surface area (Å²) in [5.74, 6) is -0.717. The lowest BCUT2D eigenvalue weighted by Gasteiger charge is -2.02. The number of carboxylic acid groups (broad SMARTS) is 1. The van der Waals surface area contributed by atoms with Gasteiger partial charge in [-0.2, -0.15) is 0 Å². The third-order valence-electron chi connectivity index (χ3n) is 1.82. The summed E-state index contributed by atoms with van der Waals surface area (Å²) in [7, 11) is 0. The maximum absolute atomic E-state index is 10.6. The monoisotopic (exact) mass is 216 g/mol. The number of hydrogen-bond acceptors (Lipinski definition) is 5. The quantitative estimate of drug-likeness (QED) is 0.804. The molecule has 2 N–H and O–H groups in total. The average Bonchev–Trinajstić information content (AvgIpc) is 2.31. The van der Waals surface area contributed by atoms with E-state index in [4.69, 9.17) is 5.11 Å². The number of anilines is 2. The number of nitrogens with zero attached hydrogens (tertiary/aromatic N) is 3. The minimum absolute atomic E-state index is 0.0525. The molecule has 0 aromatic carbocycles. The average molecular weight is 216 g/mol. The second-order valence-electron chi connectivity index (χ2n) is 2.97. The van der Waals surface area contributed by atoms with Crippen LogP contribution in [-0.4, -0.2) is 26.0 Å². The number of nitrogens with one attached hydrogen (secondary N) is 1. The largest absolute Gasteiger partial charge is 0.478 e. The molecule has 0 saturated heterocycles. The minimum atomic E-state index is -1.05. The molecule has 2 rings (SSSR count). The van der Waals surface area contributed by atoms with Crippen molar-refractivity contribution in [2.45, 2.75) is 0 Å². The lowest BCUT2D eigenvalue weighted by molar-refractivity contribution is 0.0696. The van der Waals surface area contributed by atoms with Gasteiger partial charge >= 0.3 is 5.97 Å². The van der Waals surface area contributed by atoms with Gasteiger partial charge in [-0.05, 0) is 12.1 Å². The number of carboxylic acids is 1. The maximum Gasteiger partial charge on any atom is 0.338 e. The zero-order valence-corrected chi connectivity index (χ0v) is 8.16. The van der Waals surface area contributed by atoms with E-state index in [1.54, 1.807) is 18.5 Å². The van der Waals surface area contributed by atoms with Gasteiger partial charge in [-0.15, -0.1) is 0 Å². The zero-order valence-electron chi connectivity index (χ0n) is 8.16. The summed E-state index contributed by atoms with van der Waals surface area (Å²) in [6.07, 6.45) is 5.76. The zero-order chi connectivity index (χ0) is 11.4. The number of rotatable bonds is 3. The van der Waals surface area contributed by atoms with Crippen LogP contribution in [0.4, 0.5) is 11.6 Å². The first kappa shape index (κ1) is 10.0. The predicted octanol–water partition coefficient (Wildman–Crippen LogP) is 1.31. The van der Waals surface area contributed by atoms with Gasteiger partial charge in [0.2, 0.25) is 5.95 Å². The van der Waals surface area contributed by atoms with Gasteiger partial charge in [-0.3, -0.25) is 4.98 Å². The van der Waals surface area contributed by atoms with Gasteiger partial charge in [0.05, 0.1) is 17.4 Å². The number of aromatic nitrogens is 3. The summed E-state index contributed by atoms with van der Waals surface area (Å²) in [5, 5.41) is 11.5. The molecular weight excluding hydrogens is 208 g/mol. The Morgan fingerprint density at radius 1 is 1.25 bits per heavy atom. The SMILES string of the molecule is O=C(O)c1cnc(Nc2cccnc2)nc1. The summed E-state index contributed by atoms with van der Waals surface area (Å²) in [6, 6.07) is 3.58. The highest BCUT2D eigenvalue weighted by atomic mass is 16.4. The van der Waals surface area contributed by atoms with E-state index in [1.807, 2.05) is 6.07 Å². The molecule has 0 spiro atoms. The van der Waals surface area contributed by atoms with Crippen molar-refractivity contribution in [3.8, 4) is 0 Å². The van der Waals surface area contributed by atoms with E-state index in [0.717, 1.165) is 5.69 Å². The Balaban J connectivity index is 2.14. The van der Waals surface area contributed by atoms with Crippen molar-refractivity contribution in [3.05, 3.63) is 42.5 Å². The van der Waals surface area contributed by atoms with E-state index >= 15 is 0 Å². The summed E-state index contributed by atoms with van der Waals surface area (Å²) < 4.78 is 0. The first-order valence-corrected chi connectivity index (χ1v) is 4.48. The molecule has 2 heterocycles. The standard InChI is InChI=1S/C10H8N4O2/c15-9(16)7-4-12-10(13-5-7)14-8-2-1-3-11-6-8/h1-6H,(H,15,16)(H,12,13,14). The van der Waals surface area contributed by atoms with Crippen LogP contribution in [0, 0.1) is 0 Å². The van der Waals surface area contributed by atoms with E-state index in [2.05, 4.69) is 20.3 Å². The van der Waals surface area contributed by atoms with Crippen molar-refractivity contribution in [1.82, 2.24) is 15.0 Å². The molecule has 0 bridgehead atoms. The van der Waals surface area contributed by atoms with Crippen molar-refractivity contribution < 1.29 is 9.90 Å². The van der Waals surface area contributed by atoms with Gasteiger partial charge in [-0.1, -0.05) is 0 Å². The molecule has 16 heavy (non-hydrogen) atoms. The van der Waals surface area contributed by atoms with Crippen LogP contribution in [0.3, 0.4) is 0 Å². The first-order chi connectivity index (χ1) is 7.75. The van der Waals surface area contributed by atoms with Gasteiger partial charge in [0, 0.05) is 18.6 Å². The predicted molar refractivity (Wildman–Crippen MR) is 56.5 cm³/mol. The van der Waals surface area contributed by atoms with Crippen molar-refractivity contribution in [1.29, 1.82) is 0 Å². The molecule has 0 aliphatic heterocycles. The molecule has 0 fully saturated rings. The molecule has 0 unspecified atom stereocenters. The lowest BCUT2D eigenvalue weighted by atomic mass is 10.3. The molecule has 0 aliphatic rings. The molecule has 0 amide bonds. The Hall–Kier alpha value is -2.50. The van der Waals surface area contributed by atoms with Crippen molar-refractivity contribution >= 4 is 17.6 Å². The van der Waals surface area contributed by atoms with Crippen molar-refractivity contribution in [2.24, 2.45) is 0 Å². The minimum Gasteiger partial charge on any atom is -0.478 e. The Morgan fingerprint density at radius 3 is 2.56 bits per heavy atom. The van der Waals surface area contributed by atoms with E-state index < -0.39 is 5.97 Å². The van der Waals surface area contributed by atoms with Gasteiger partial charge in [-0.25, -0.2) is 14.8 Å². The van der Waals surface area contributed by atoms with E-state index in [9.17, 15) is 4.79 Å². The summed E-state index contributed by atoms with van der Waals surface area (Å²) >= 11 is 0. The van der Waals surface area contributed by atoms with Crippen molar-refractivity contribution in [2.75, 3.05) is 5.32 Å². The topological polar surface area (TPSA) is 88.0 Å².